The van der Waals surface area contributed by atoms with Crippen molar-refractivity contribution in [1.29, 1.82) is 0 Å². The average molecular weight is 132 g/mol. The van der Waals surface area contributed by atoms with Crippen molar-refractivity contribution in [2.24, 2.45) is 0 Å². The Morgan fingerprint density at radius 1 is 1.10 bits per heavy atom. The second kappa shape index (κ2) is 1.77. The molecule has 2 heteroatoms. The van der Waals surface area contributed by atoms with Crippen LogP contribution in [-0.4, -0.2) is 4.40 Å². The molecular formula is C8H6NO. The smallest absolute Gasteiger partial charge is 0.202 e. The Labute approximate surface area is 58.3 Å². The van der Waals surface area contributed by atoms with E-state index >= 15 is 0 Å². The molecule has 2 heterocycles. The van der Waals surface area contributed by atoms with Crippen LogP contribution >= 0.6 is 0 Å². The van der Waals surface area contributed by atoms with Gasteiger partial charge in [0, 0.05) is 12.4 Å². The number of fused-ring (bicyclic) bond motifs is 1. The molecule has 0 spiro atoms. The van der Waals surface area contributed by atoms with Gasteiger partial charge in [0.25, 0.3) is 0 Å². The number of nitrogens with zero attached hydrogens (tertiary/aromatic N) is 1. The van der Waals surface area contributed by atoms with Gasteiger partial charge in [-0.1, -0.05) is 0 Å². The number of hydrogen-bond donors (Lipinski definition) is 0. The van der Waals surface area contributed by atoms with E-state index in [0.717, 1.165) is 5.52 Å². The Morgan fingerprint density at radius 2 is 1.80 bits per heavy atom. The van der Waals surface area contributed by atoms with E-state index in [2.05, 4.69) is 0 Å². The molecule has 0 atom stereocenters. The van der Waals surface area contributed by atoms with Gasteiger partial charge < -0.3 is 4.40 Å². The highest BCUT2D eigenvalue weighted by atomic mass is 16.3. The molecule has 0 saturated heterocycles. The molecule has 0 unspecified atom stereocenters. The van der Waals surface area contributed by atoms with Crippen LogP contribution in [0.3, 0.4) is 0 Å². The number of pyridine rings is 1. The molecule has 2 nitrogen and oxygen atoms in total. The van der Waals surface area contributed by atoms with Crippen molar-refractivity contribution < 1.29 is 5.11 Å². The predicted molar refractivity (Wildman–Crippen MR) is 37.5 cm³/mol. The fourth-order valence-electron chi connectivity index (χ4n) is 1.04. The van der Waals surface area contributed by atoms with Crippen LogP contribution in [0.1, 0.15) is 0 Å². The molecule has 2 rings (SSSR count). The Balaban J connectivity index is 2.95. The first kappa shape index (κ1) is 5.35. The van der Waals surface area contributed by atoms with E-state index in [-0.39, 0.29) is 5.75 Å². The maximum Gasteiger partial charge on any atom is 0.202 e. The molecule has 0 fully saturated rings. The van der Waals surface area contributed by atoms with Crippen LogP contribution in [0, 0.1) is 0 Å². The van der Waals surface area contributed by atoms with E-state index in [4.69, 9.17) is 0 Å². The van der Waals surface area contributed by atoms with Gasteiger partial charge in [0.15, 0.2) is 0 Å². The molecule has 0 amide bonds. The molecule has 2 aromatic heterocycles. The zero-order chi connectivity index (χ0) is 6.97. The topological polar surface area (TPSA) is 24.3 Å². The minimum Gasteiger partial charge on any atom is -0.320 e. The molecule has 0 N–H and O–H groups in total. The number of hydrogen-bond acceptors (Lipinski definition) is 0. The van der Waals surface area contributed by atoms with Crippen molar-refractivity contribution in [1.82, 2.24) is 4.40 Å². The monoisotopic (exact) mass is 132 g/mol. The van der Waals surface area contributed by atoms with E-state index in [1.165, 1.54) is 0 Å². The lowest BCUT2D eigenvalue weighted by Crippen LogP contribution is -1.77. The summed E-state index contributed by atoms with van der Waals surface area (Å²) in [6, 6.07) is 6.98. The molecule has 0 aliphatic rings. The summed E-state index contributed by atoms with van der Waals surface area (Å²) in [5.41, 5.74) is 0.738. The maximum absolute atomic E-state index is 11.0. The first-order valence-electron chi connectivity index (χ1n) is 3.10. The van der Waals surface area contributed by atoms with Gasteiger partial charge in [-0.15, -0.1) is 0 Å². The van der Waals surface area contributed by atoms with E-state index in [1.807, 2.05) is 28.9 Å². The van der Waals surface area contributed by atoms with Crippen molar-refractivity contribution >= 4 is 5.52 Å². The third-order valence-electron chi connectivity index (χ3n) is 1.53. The molecule has 2 aromatic rings. The fourth-order valence-corrected chi connectivity index (χ4v) is 1.04. The minimum atomic E-state index is 0.0764. The quantitative estimate of drug-likeness (QED) is 0.524. The molecule has 0 aliphatic heterocycles. The van der Waals surface area contributed by atoms with Crippen LogP contribution in [0.25, 0.3) is 5.52 Å². The van der Waals surface area contributed by atoms with Crippen molar-refractivity contribution in [3.05, 3.63) is 36.7 Å². The summed E-state index contributed by atoms with van der Waals surface area (Å²) in [4.78, 5) is 0. The third kappa shape index (κ3) is 0.589. The lowest BCUT2D eigenvalue weighted by Gasteiger charge is -1.91. The van der Waals surface area contributed by atoms with Gasteiger partial charge >= 0.3 is 0 Å². The molecular weight excluding hydrogens is 126 g/mol. The maximum atomic E-state index is 11.0. The fraction of sp³-hybridized carbons (Fsp3) is 0. The third-order valence-corrected chi connectivity index (χ3v) is 1.53. The molecule has 0 aromatic carbocycles. The van der Waals surface area contributed by atoms with E-state index in [9.17, 15) is 5.11 Å². The second-order valence-corrected chi connectivity index (χ2v) is 2.17. The van der Waals surface area contributed by atoms with Crippen LogP contribution in [0.2, 0.25) is 0 Å². The SMILES string of the molecule is [O]c1cccn2cccc12. The average Bonchev–Trinajstić information content (AvgIpc) is 2.36. The van der Waals surface area contributed by atoms with Crippen LogP contribution in [0.5, 0.6) is 5.75 Å². The molecule has 10 heavy (non-hydrogen) atoms. The molecule has 0 aliphatic carbocycles. The molecule has 49 valence electrons. The normalized spacial score (nSPS) is 10.4. The van der Waals surface area contributed by atoms with Gasteiger partial charge in [0.1, 0.15) is 0 Å². The second-order valence-electron chi connectivity index (χ2n) is 2.17. The highest BCUT2D eigenvalue weighted by Crippen LogP contribution is 2.17. The highest BCUT2D eigenvalue weighted by Gasteiger charge is 1.96. The van der Waals surface area contributed by atoms with Gasteiger partial charge in [-0.05, 0) is 24.3 Å². The van der Waals surface area contributed by atoms with Crippen molar-refractivity contribution in [3.8, 4) is 5.75 Å². The zero-order valence-electron chi connectivity index (χ0n) is 5.32. The van der Waals surface area contributed by atoms with Crippen molar-refractivity contribution in [3.63, 3.8) is 0 Å². The van der Waals surface area contributed by atoms with Crippen molar-refractivity contribution in [2.45, 2.75) is 0 Å². The van der Waals surface area contributed by atoms with E-state index < -0.39 is 0 Å². The Kier molecular flexibility index (Phi) is 0.947. The van der Waals surface area contributed by atoms with E-state index in [0.29, 0.717) is 0 Å². The summed E-state index contributed by atoms with van der Waals surface area (Å²) in [6.45, 7) is 0. The lowest BCUT2D eigenvalue weighted by atomic mass is 10.4. The summed E-state index contributed by atoms with van der Waals surface area (Å²) in [7, 11) is 0. The first-order chi connectivity index (χ1) is 4.88. The largest absolute Gasteiger partial charge is 0.320 e. The highest BCUT2D eigenvalue weighted by molar-refractivity contribution is 5.58. The Bertz CT molecular complexity index is 351. The summed E-state index contributed by atoms with van der Waals surface area (Å²) >= 11 is 0. The van der Waals surface area contributed by atoms with Crippen LogP contribution in [0.15, 0.2) is 36.7 Å². The molecule has 1 radical (unpaired) electrons. The summed E-state index contributed by atoms with van der Waals surface area (Å²) in [5, 5.41) is 11.0. The van der Waals surface area contributed by atoms with Gasteiger partial charge in [0.2, 0.25) is 5.75 Å². The first-order valence-corrected chi connectivity index (χ1v) is 3.10. The van der Waals surface area contributed by atoms with Gasteiger partial charge in [-0.3, -0.25) is 5.11 Å². The van der Waals surface area contributed by atoms with Crippen LogP contribution < -0.4 is 0 Å². The molecule has 0 bridgehead atoms. The molecule has 0 saturated carbocycles. The van der Waals surface area contributed by atoms with Crippen molar-refractivity contribution in [2.75, 3.05) is 0 Å². The number of rotatable bonds is 0. The van der Waals surface area contributed by atoms with Crippen LogP contribution in [0.4, 0.5) is 0 Å². The minimum absolute atomic E-state index is 0.0764. The summed E-state index contributed by atoms with van der Waals surface area (Å²) in [6.07, 6.45) is 3.72. The van der Waals surface area contributed by atoms with Gasteiger partial charge in [-0.2, -0.15) is 0 Å². The van der Waals surface area contributed by atoms with E-state index in [1.54, 1.807) is 12.1 Å². The number of aromatic nitrogens is 1. The summed E-state index contributed by atoms with van der Waals surface area (Å²) in [5.74, 6) is 0.0764. The Morgan fingerprint density at radius 3 is 2.50 bits per heavy atom. The van der Waals surface area contributed by atoms with Gasteiger partial charge in [-0.25, -0.2) is 0 Å². The van der Waals surface area contributed by atoms with Crippen LogP contribution in [-0.2, 0) is 5.11 Å². The Hall–Kier alpha value is -1.44. The van der Waals surface area contributed by atoms with Gasteiger partial charge in [0.05, 0.1) is 5.52 Å². The predicted octanol–water partition coefficient (Wildman–Crippen LogP) is 2.08. The standard InChI is InChI=1S/C8H6NO/c10-8-4-2-6-9-5-1-3-7(8)9/h1-6H. The summed E-state index contributed by atoms with van der Waals surface area (Å²) < 4.78 is 1.81. The lowest BCUT2D eigenvalue weighted by molar-refractivity contribution is 0.358. The zero-order valence-corrected chi connectivity index (χ0v) is 5.32.